The van der Waals surface area contributed by atoms with E-state index < -0.39 is 29.4 Å². The van der Waals surface area contributed by atoms with Gasteiger partial charge in [0, 0.05) is 43.0 Å². The number of nitrogens with zero attached hydrogens (tertiary/aromatic N) is 2. The molecule has 0 radical (unpaired) electrons. The number of halogens is 2. The lowest BCUT2D eigenvalue weighted by atomic mass is 10.1. The Balaban J connectivity index is 1.48. The largest absolute Gasteiger partial charge is 0.494 e. The van der Waals surface area contributed by atoms with Crippen LogP contribution in [0.2, 0.25) is 0 Å². The van der Waals surface area contributed by atoms with Crippen molar-refractivity contribution < 1.29 is 27.9 Å². The number of carbonyl (C=O) groups excluding carboxylic acids is 3. The summed E-state index contributed by atoms with van der Waals surface area (Å²) in [7, 11) is 1.47. The zero-order valence-electron chi connectivity index (χ0n) is 16.9. The molecule has 3 amide bonds. The smallest absolute Gasteiger partial charge is 0.239 e. The van der Waals surface area contributed by atoms with Crippen LogP contribution in [0.15, 0.2) is 36.4 Å². The molecule has 31 heavy (non-hydrogen) atoms. The van der Waals surface area contributed by atoms with Gasteiger partial charge >= 0.3 is 0 Å². The van der Waals surface area contributed by atoms with Gasteiger partial charge in [0.2, 0.25) is 17.7 Å². The third kappa shape index (κ3) is 4.08. The van der Waals surface area contributed by atoms with Crippen LogP contribution in [0.4, 0.5) is 25.8 Å². The number of amides is 3. The summed E-state index contributed by atoms with van der Waals surface area (Å²) in [5, 5.41) is 2.69. The fraction of sp³-hybridized carbons (Fsp3) is 0.318. The van der Waals surface area contributed by atoms with E-state index >= 15 is 0 Å². The van der Waals surface area contributed by atoms with Gasteiger partial charge in [-0.05, 0) is 37.1 Å². The van der Waals surface area contributed by atoms with Crippen LogP contribution < -0.4 is 19.9 Å². The molecular formula is C22H21F2N3O4. The number of benzene rings is 2. The number of hydrogen-bond acceptors (Lipinski definition) is 4. The minimum Gasteiger partial charge on any atom is -0.494 e. The summed E-state index contributed by atoms with van der Waals surface area (Å²) in [6, 6.07) is 7.77. The van der Waals surface area contributed by atoms with Crippen molar-refractivity contribution in [2.45, 2.75) is 19.3 Å². The predicted octanol–water partition coefficient (Wildman–Crippen LogP) is 3.09. The maximum Gasteiger partial charge on any atom is 0.239 e. The highest BCUT2D eigenvalue weighted by molar-refractivity contribution is 6.13. The molecule has 0 bridgehead atoms. The van der Waals surface area contributed by atoms with E-state index in [4.69, 9.17) is 4.74 Å². The Morgan fingerprint density at radius 3 is 2.45 bits per heavy atom. The SMILES string of the molecule is COc1cc(NC(=O)[C@@H]2CCN(c3cc(F)cc(F)c3)C2=O)ccc1N1CCCC1=O. The van der Waals surface area contributed by atoms with Gasteiger partial charge in [0.25, 0.3) is 0 Å². The number of rotatable bonds is 5. The van der Waals surface area contributed by atoms with Crippen molar-refractivity contribution in [3.63, 3.8) is 0 Å². The average molecular weight is 429 g/mol. The molecule has 0 aliphatic carbocycles. The van der Waals surface area contributed by atoms with E-state index in [-0.39, 0.29) is 24.6 Å². The van der Waals surface area contributed by atoms with E-state index in [0.717, 1.165) is 24.6 Å². The Kier molecular flexibility index (Phi) is 5.58. The molecule has 2 saturated heterocycles. The Labute approximate surface area is 177 Å². The molecule has 2 aliphatic heterocycles. The van der Waals surface area contributed by atoms with Crippen molar-refractivity contribution >= 4 is 34.8 Å². The molecule has 1 N–H and O–H groups in total. The third-order valence-corrected chi connectivity index (χ3v) is 5.49. The first-order chi connectivity index (χ1) is 14.9. The van der Waals surface area contributed by atoms with Gasteiger partial charge < -0.3 is 19.9 Å². The monoisotopic (exact) mass is 429 g/mol. The second-order valence-corrected chi connectivity index (χ2v) is 7.48. The van der Waals surface area contributed by atoms with Gasteiger partial charge in [-0.2, -0.15) is 0 Å². The molecule has 0 spiro atoms. The van der Waals surface area contributed by atoms with Crippen molar-refractivity contribution in [2.75, 3.05) is 35.3 Å². The molecule has 2 heterocycles. The number of methoxy groups -OCH3 is 1. The molecule has 7 nitrogen and oxygen atoms in total. The second-order valence-electron chi connectivity index (χ2n) is 7.48. The highest BCUT2D eigenvalue weighted by Crippen LogP contribution is 2.34. The van der Waals surface area contributed by atoms with Crippen LogP contribution >= 0.6 is 0 Å². The normalized spacial score (nSPS) is 18.6. The molecule has 2 aromatic rings. The molecule has 2 aliphatic rings. The fourth-order valence-electron chi connectivity index (χ4n) is 3.99. The zero-order chi connectivity index (χ0) is 22.1. The van der Waals surface area contributed by atoms with Gasteiger partial charge in [-0.3, -0.25) is 14.4 Å². The third-order valence-electron chi connectivity index (χ3n) is 5.49. The van der Waals surface area contributed by atoms with Crippen LogP contribution in [0.3, 0.4) is 0 Å². The molecule has 4 rings (SSSR count). The standard InChI is InChI=1S/C22H21F2N3O4/c1-31-19-12-15(4-5-18(19)27-7-2-3-20(27)28)25-21(29)17-6-8-26(22(17)30)16-10-13(23)9-14(24)11-16/h4-5,9-12,17H,2-3,6-8H2,1H3,(H,25,29)/t17-/m0/s1. The summed E-state index contributed by atoms with van der Waals surface area (Å²) in [4.78, 5) is 40.3. The highest BCUT2D eigenvalue weighted by atomic mass is 19.1. The van der Waals surface area contributed by atoms with Crippen LogP contribution in [0.25, 0.3) is 0 Å². The maximum atomic E-state index is 13.5. The number of anilines is 3. The van der Waals surface area contributed by atoms with Gasteiger partial charge in [0.15, 0.2) is 0 Å². The first-order valence-corrected chi connectivity index (χ1v) is 9.94. The summed E-state index contributed by atoms with van der Waals surface area (Å²) in [6.45, 7) is 0.785. The van der Waals surface area contributed by atoms with E-state index in [1.807, 2.05) is 0 Å². The number of carbonyl (C=O) groups is 3. The Morgan fingerprint density at radius 1 is 1.06 bits per heavy atom. The van der Waals surface area contributed by atoms with E-state index in [1.54, 1.807) is 23.1 Å². The fourth-order valence-corrected chi connectivity index (χ4v) is 3.99. The average Bonchev–Trinajstić information content (AvgIpc) is 3.32. The van der Waals surface area contributed by atoms with Crippen molar-refractivity contribution in [1.29, 1.82) is 0 Å². The number of hydrogen-bond donors (Lipinski definition) is 1. The predicted molar refractivity (Wildman–Crippen MR) is 110 cm³/mol. The van der Waals surface area contributed by atoms with E-state index in [1.165, 1.54) is 12.0 Å². The van der Waals surface area contributed by atoms with Crippen LogP contribution in [-0.2, 0) is 14.4 Å². The molecule has 2 fully saturated rings. The van der Waals surface area contributed by atoms with Gasteiger partial charge in [-0.1, -0.05) is 0 Å². The summed E-state index contributed by atoms with van der Waals surface area (Å²) in [5.74, 6) is -3.15. The lowest BCUT2D eigenvalue weighted by Gasteiger charge is -2.20. The molecule has 0 aromatic heterocycles. The lowest BCUT2D eigenvalue weighted by molar-refractivity contribution is -0.129. The molecule has 1 atom stereocenters. The zero-order valence-corrected chi connectivity index (χ0v) is 16.9. The van der Waals surface area contributed by atoms with E-state index in [9.17, 15) is 23.2 Å². The van der Waals surface area contributed by atoms with E-state index in [0.29, 0.717) is 30.1 Å². The molecule has 0 saturated carbocycles. The maximum absolute atomic E-state index is 13.5. The Hall–Kier alpha value is -3.49. The van der Waals surface area contributed by atoms with Gasteiger partial charge in [-0.25, -0.2) is 8.78 Å². The molecule has 0 unspecified atom stereocenters. The molecule has 162 valence electrons. The Morgan fingerprint density at radius 2 is 1.81 bits per heavy atom. The second kappa shape index (κ2) is 8.33. The molecular weight excluding hydrogens is 408 g/mol. The first kappa shape index (κ1) is 20.8. The van der Waals surface area contributed by atoms with Crippen LogP contribution in [0.5, 0.6) is 5.75 Å². The highest BCUT2D eigenvalue weighted by Gasteiger charge is 2.38. The minimum atomic E-state index is -0.975. The van der Waals surface area contributed by atoms with Crippen molar-refractivity contribution in [1.82, 2.24) is 0 Å². The summed E-state index contributed by atoms with van der Waals surface area (Å²) in [6.07, 6.45) is 1.48. The first-order valence-electron chi connectivity index (χ1n) is 9.94. The topological polar surface area (TPSA) is 79.0 Å². The summed E-state index contributed by atoms with van der Waals surface area (Å²) < 4.78 is 32.4. The van der Waals surface area contributed by atoms with Crippen molar-refractivity contribution in [3.8, 4) is 5.75 Å². The number of nitrogens with one attached hydrogen (secondary N) is 1. The van der Waals surface area contributed by atoms with Crippen molar-refractivity contribution in [3.05, 3.63) is 48.0 Å². The van der Waals surface area contributed by atoms with Gasteiger partial charge in [0.1, 0.15) is 23.3 Å². The minimum absolute atomic E-state index is 0.0144. The summed E-state index contributed by atoms with van der Waals surface area (Å²) >= 11 is 0. The van der Waals surface area contributed by atoms with Crippen LogP contribution in [-0.4, -0.2) is 37.9 Å². The quantitative estimate of drug-likeness (QED) is 0.741. The molecule has 2 aromatic carbocycles. The van der Waals surface area contributed by atoms with Crippen LogP contribution in [0.1, 0.15) is 19.3 Å². The van der Waals surface area contributed by atoms with E-state index in [2.05, 4.69) is 5.32 Å². The lowest BCUT2D eigenvalue weighted by Crippen LogP contribution is -2.33. The van der Waals surface area contributed by atoms with Gasteiger partial charge in [0.05, 0.1) is 12.8 Å². The van der Waals surface area contributed by atoms with Gasteiger partial charge in [-0.15, -0.1) is 0 Å². The summed E-state index contributed by atoms with van der Waals surface area (Å²) in [5.41, 5.74) is 1.12. The van der Waals surface area contributed by atoms with Crippen molar-refractivity contribution in [2.24, 2.45) is 5.92 Å². The molecule has 9 heteroatoms. The number of ether oxygens (including phenoxy) is 1. The van der Waals surface area contributed by atoms with Crippen LogP contribution in [0, 0.1) is 17.6 Å². The Bertz CT molecular complexity index is 1040.